The van der Waals surface area contributed by atoms with Crippen molar-refractivity contribution in [3.63, 3.8) is 0 Å². The lowest BCUT2D eigenvalue weighted by Gasteiger charge is -2.12. The molecule has 0 radical (unpaired) electrons. The zero-order valence-electron chi connectivity index (χ0n) is 11.8. The molecule has 0 spiro atoms. The van der Waals surface area contributed by atoms with Gasteiger partial charge >= 0.3 is 0 Å². The van der Waals surface area contributed by atoms with Crippen LogP contribution in [0.4, 0.5) is 8.78 Å². The highest BCUT2D eigenvalue weighted by Crippen LogP contribution is 2.29. The summed E-state index contributed by atoms with van der Waals surface area (Å²) in [5, 5.41) is 3.36. The number of methoxy groups -OCH3 is 1. The minimum atomic E-state index is -0.416. The van der Waals surface area contributed by atoms with E-state index in [1.165, 1.54) is 38.2 Å². The van der Waals surface area contributed by atoms with Gasteiger partial charge in [-0.15, -0.1) is 0 Å². The van der Waals surface area contributed by atoms with E-state index in [9.17, 15) is 8.78 Å². The summed E-state index contributed by atoms with van der Waals surface area (Å²) in [6.45, 7) is 0.589. The summed E-state index contributed by atoms with van der Waals surface area (Å²) in [7, 11) is 1.43. The van der Waals surface area contributed by atoms with Gasteiger partial charge in [-0.1, -0.05) is 12.1 Å². The first-order valence-electron chi connectivity index (χ1n) is 7.03. The second-order valence-corrected chi connectivity index (χ2v) is 5.31. The van der Waals surface area contributed by atoms with E-state index >= 15 is 0 Å². The van der Waals surface area contributed by atoms with Crippen molar-refractivity contribution >= 4 is 0 Å². The largest absolute Gasteiger partial charge is 0.494 e. The van der Waals surface area contributed by atoms with Crippen molar-refractivity contribution in [3.05, 3.63) is 53.6 Å². The van der Waals surface area contributed by atoms with E-state index in [1.54, 1.807) is 18.2 Å². The van der Waals surface area contributed by atoms with Crippen LogP contribution in [0.15, 0.2) is 36.4 Å². The van der Waals surface area contributed by atoms with Crippen molar-refractivity contribution in [1.29, 1.82) is 0 Å². The number of hydrogen-bond donors (Lipinski definition) is 1. The van der Waals surface area contributed by atoms with Crippen LogP contribution in [-0.4, -0.2) is 13.2 Å². The molecular weight excluding hydrogens is 272 g/mol. The number of ether oxygens (including phenoxy) is 1. The molecule has 0 saturated heterocycles. The Kier molecular flexibility index (Phi) is 3.88. The molecule has 0 heterocycles. The summed E-state index contributed by atoms with van der Waals surface area (Å²) < 4.78 is 32.3. The maximum Gasteiger partial charge on any atom is 0.165 e. The summed E-state index contributed by atoms with van der Waals surface area (Å²) in [5.74, 6) is -0.487. The Morgan fingerprint density at radius 2 is 1.95 bits per heavy atom. The van der Waals surface area contributed by atoms with E-state index in [4.69, 9.17) is 4.74 Å². The molecule has 2 aromatic carbocycles. The molecule has 1 aliphatic carbocycles. The molecule has 0 unspecified atom stereocenters. The molecule has 1 saturated carbocycles. The molecule has 2 aromatic rings. The fourth-order valence-corrected chi connectivity index (χ4v) is 2.37. The molecule has 3 rings (SSSR count). The molecule has 0 aromatic heterocycles. The molecule has 1 fully saturated rings. The quantitative estimate of drug-likeness (QED) is 0.901. The van der Waals surface area contributed by atoms with E-state index in [-0.39, 0.29) is 11.6 Å². The van der Waals surface area contributed by atoms with Crippen LogP contribution >= 0.6 is 0 Å². The molecule has 0 amide bonds. The van der Waals surface area contributed by atoms with Crippen molar-refractivity contribution in [3.8, 4) is 16.9 Å². The van der Waals surface area contributed by atoms with Crippen molar-refractivity contribution in [2.45, 2.75) is 25.4 Å². The second-order valence-electron chi connectivity index (χ2n) is 5.31. The molecule has 2 nitrogen and oxygen atoms in total. The predicted octanol–water partition coefficient (Wildman–Crippen LogP) is 3.89. The standard InChI is InChI=1S/C17H17F2NO/c1-21-17-7-2-11(9-16(17)19)15-6-3-13(18)8-12(15)10-20-14-4-5-14/h2-3,6-9,14,20H,4-5,10H2,1H3. The number of rotatable bonds is 5. The zero-order chi connectivity index (χ0) is 14.8. The van der Waals surface area contributed by atoms with E-state index in [0.29, 0.717) is 12.6 Å². The molecule has 4 heteroatoms. The maximum absolute atomic E-state index is 13.9. The summed E-state index contributed by atoms with van der Waals surface area (Å²) >= 11 is 0. The Morgan fingerprint density at radius 3 is 2.62 bits per heavy atom. The SMILES string of the molecule is COc1ccc(-c2ccc(F)cc2CNC2CC2)cc1F. The first kappa shape index (κ1) is 14.0. The highest BCUT2D eigenvalue weighted by molar-refractivity contribution is 5.68. The average Bonchev–Trinajstić information content (AvgIpc) is 3.29. The summed E-state index contributed by atoms with van der Waals surface area (Å²) in [4.78, 5) is 0. The van der Waals surface area contributed by atoms with E-state index in [0.717, 1.165) is 16.7 Å². The van der Waals surface area contributed by atoms with Gasteiger partial charge < -0.3 is 10.1 Å². The normalized spacial score (nSPS) is 14.2. The summed E-state index contributed by atoms with van der Waals surface area (Å²) in [5.41, 5.74) is 2.40. The van der Waals surface area contributed by atoms with Crippen molar-refractivity contribution < 1.29 is 13.5 Å². The van der Waals surface area contributed by atoms with Gasteiger partial charge in [0.15, 0.2) is 11.6 Å². The van der Waals surface area contributed by atoms with E-state index in [1.807, 2.05) is 0 Å². The van der Waals surface area contributed by atoms with E-state index in [2.05, 4.69) is 5.32 Å². The first-order valence-corrected chi connectivity index (χ1v) is 7.03. The molecule has 110 valence electrons. The third kappa shape index (κ3) is 3.22. The van der Waals surface area contributed by atoms with Crippen molar-refractivity contribution in [2.75, 3.05) is 7.11 Å². The highest BCUT2D eigenvalue weighted by atomic mass is 19.1. The fraction of sp³-hybridized carbons (Fsp3) is 0.294. The van der Waals surface area contributed by atoms with Crippen molar-refractivity contribution in [1.82, 2.24) is 5.32 Å². The van der Waals surface area contributed by atoms with Crippen LogP contribution in [0.1, 0.15) is 18.4 Å². The van der Waals surface area contributed by atoms with Gasteiger partial charge in [0.2, 0.25) is 0 Å². The maximum atomic E-state index is 13.9. The molecule has 0 bridgehead atoms. The minimum Gasteiger partial charge on any atom is -0.494 e. The number of halogens is 2. The van der Waals surface area contributed by atoms with Gasteiger partial charge in [0, 0.05) is 12.6 Å². The Morgan fingerprint density at radius 1 is 1.14 bits per heavy atom. The molecule has 0 atom stereocenters. The van der Waals surface area contributed by atoms with Gasteiger partial charge in [0.25, 0.3) is 0 Å². The molecule has 0 aliphatic heterocycles. The first-order chi connectivity index (χ1) is 10.2. The van der Waals surface area contributed by atoms with Crippen LogP contribution in [0.5, 0.6) is 5.75 Å². The topological polar surface area (TPSA) is 21.3 Å². The summed E-state index contributed by atoms with van der Waals surface area (Å²) in [6.07, 6.45) is 2.34. The van der Waals surface area contributed by atoms with Crippen LogP contribution < -0.4 is 10.1 Å². The smallest absolute Gasteiger partial charge is 0.165 e. The second kappa shape index (κ2) is 5.82. The lowest BCUT2D eigenvalue weighted by Crippen LogP contribution is -2.16. The van der Waals surface area contributed by atoms with Gasteiger partial charge in [0.05, 0.1) is 7.11 Å². The number of hydrogen-bond acceptors (Lipinski definition) is 2. The van der Waals surface area contributed by atoms with Gasteiger partial charge in [-0.2, -0.15) is 0 Å². The van der Waals surface area contributed by atoms with Crippen LogP contribution in [0.2, 0.25) is 0 Å². The Hall–Kier alpha value is -1.94. The zero-order valence-corrected chi connectivity index (χ0v) is 11.8. The monoisotopic (exact) mass is 289 g/mol. The van der Waals surface area contributed by atoms with Gasteiger partial charge in [0.1, 0.15) is 5.82 Å². The van der Waals surface area contributed by atoms with Gasteiger partial charge in [-0.25, -0.2) is 8.78 Å². The van der Waals surface area contributed by atoms with E-state index < -0.39 is 5.82 Å². The lowest BCUT2D eigenvalue weighted by molar-refractivity contribution is 0.386. The molecule has 1 aliphatic rings. The van der Waals surface area contributed by atoms with Crippen molar-refractivity contribution in [2.24, 2.45) is 0 Å². The summed E-state index contributed by atoms with van der Waals surface area (Å²) in [6, 6.07) is 9.94. The van der Waals surface area contributed by atoms with Crippen LogP contribution in [-0.2, 0) is 6.54 Å². The predicted molar refractivity (Wildman–Crippen MR) is 78.2 cm³/mol. The average molecular weight is 289 g/mol. The van der Waals surface area contributed by atoms with Crippen LogP contribution in [0, 0.1) is 11.6 Å². The molecule has 21 heavy (non-hydrogen) atoms. The Labute approximate surface area is 122 Å². The third-order valence-electron chi connectivity index (χ3n) is 3.69. The fourth-order valence-electron chi connectivity index (χ4n) is 2.37. The number of benzene rings is 2. The Bertz CT molecular complexity index is 653. The minimum absolute atomic E-state index is 0.207. The van der Waals surface area contributed by atoms with Crippen LogP contribution in [0.25, 0.3) is 11.1 Å². The Balaban J connectivity index is 1.93. The van der Waals surface area contributed by atoms with Gasteiger partial charge in [-0.05, 0) is 53.8 Å². The highest BCUT2D eigenvalue weighted by Gasteiger charge is 2.20. The number of nitrogens with one attached hydrogen (secondary N) is 1. The van der Waals surface area contributed by atoms with Gasteiger partial charge in [-0.3, -0.25) is 0 Å². The molecular formula is C17H17F2NO. The van der Waals surface area contributed by atoms with Crippen LogP contribution in [0.3, 0.4) is 0 Å². The molecule has 1 N–H and O–H groups in total. The third-order valence-corrected chi connectivity index (χ3v) is 3.69. The lowest BCUT2D eigenvalue weighted by atomic mass is 9.99.